The second-order valence-corrected chi connectivity index (χ2v) is 7.98. The molecule has 0 atom stereocenters. The van der Waals surface area contributed by atoms with Crippen molar-refractivity contribution in [3.05, 3.63) is 29.8 Å². The molecule has 0 bridgehead atoms. The third kappa shape index (κ3) is 6.33. The van der Waals surface area contributed by atoms with Crippen molar-refractivity contribution in [1.82, 2.24) is 4.90 Å². The van der Waals surface area contributed by atoms with Gasteiger partial charge in [-0.25, -0.2) is 0 Å². The summed E-state index contributed by atoms with van der Waals surface area (Å²) in [5.74, 6) is 2.40. The van der Waals surface area contributed by atoms with Crippen LogP contribution >= 0.6 is 36.6 Å². The van der Waals surface area contributed by atoms with Crippen LogP contribution in [-0.4, -0.2) is 40.9 Å². The van der Waals surface area contributed by atoms with Crippen molar-refractivity contribution in [2.75, 3.05) is 29.9 Å². The number of thioether (sulfide) groups is 1. The van der Waals surface area contributed by atoms with Gasteiger partial charge in [0, 0.05) is 36.8 Å². The summed E-state index contributed by atoms with van der Waals surface area (Å²) in [4.78, 5) is 15.0. The minimum absolute atomic E-state index is 0. The molecule has 1 aliphatic heterocycles. The Hall–Kier alpha value is -0.460. The molecule has 1 aliphatic carbocycles. The monoisotopic (exact) mass is 405 g/mol. The van der Waals surface area contributed by atoms with Crippen LogP contribution < -0.4 is 11.1 Å². The van der Waals surface area contributed by atoms with E-state index in [-0.39, 0.29) is 30.7 Å². The number of carbonyl (C=O) groups excluding carboxylic acids is 1. The van der Waals surface area contributed by atoms with Crippen LogP contribution in [0.2, 0.25) is 0 Å². The van der Waals surface area contributed by atoms with Crippen LogP contribution in [-0.2, 0) is 11.3 Å². The largest absolute Gasteiger partial charge is 0.324 e. The molecule has 4 nitrogen and oxygen atoms in total. The van der Waals surface area contributed by atoms with Gasteiger partial charge in [0.05, 0.1) is 5.54 Å². The molecule has 1 aromatic carbocycles. The third-order valence-electron chi connectivity index (χ3n) is 4.89. The molecule has 0 radical (unpaired) electrons. The lowest BCUT2D eigenvalue weighted by Crippen LogP contribution is -2.52. The van der Waals surface area contributed by atoms with Crippen molar-refractivity contribution in [3.63, 3.8) is 0 Å². The van der Waals surface area contributed by atoms with Gasteiger partial charge in [0.1, 0.15) is 0 Å². The Morgan fingerprint density at radius 3 is 2.52 bits per heavy atom. The average Bonchev–Trinajstić information content (AvgIpc) is 2.57. The van der Waals surface area contributed by atoms with E-state index in [2.05, 4.69) is 22.3 Å². The van der Waals surface area contributed by atoms with E-state index in [0.29, 0.717) is 0 Å². The first kappa shape index (κ1) is 22.6. The van der Waals surface area contributed by atoms with Crippen molar-refractivity contribution in [1.29, 1.82) is 0 Å². The van der Waals surface area contributed by atoms with E-state index < -0.39 is 5.54 Å². The molecule has 1 aromatic rings. The number of halogens is 2. The number of nitrogens with one attached hydrogen (secondary N) is 1. The minimum atomic E-state index is -0.682. The average molecular weight is 406 g/mol. The highest BCUT2D eigenvalue weighted by Gasteiger charge is 2.35. The molecule has 0 aromatic heterocycles. The first-order valence-electron chi connectivity index (χ1n) is 8.65. The summed E-state index contributed by atoms with van der Waals surface area (Å²) in [5, 5.41) is 3.04. The number of nitrogens with two attached hydrogens (primary N) is 1. The molecular weight excluding hydrogens is 377 g/mol. The summed E-state index contributed by atoms with van der Waals surface area (Å²) in [7, 11) is 0. The molecule has 0 unspecified atom stereocenters. The summed E-state index contributed by atoms with van der Waals surface area (Å²) >= 11 is 2.02. The fourth-order valence-electron chi connectivity index (χ4n) is 3.43. The van der Waals surface area contributed by atoms with Crippen LogP contribution in [0.25, 0.3) is 0 Å². The lowest BCUT2D eigenvalue weighted by Gasteiger charge is -2.32. The summed E-state index contributed by atoms with van der Waals surface area (Å²) in [6.45, 7) is 3.25. The highest BCUT2D eigenvalue weighted by Crippen LogP contribution is 2.27. The van der Waals surface area contributed by atoms with Gasteiger partial charge in [-0.05, 0) is 30.5 Å². The van der Waals surface area contributed by atoms with Crippen molar-refractivity contribution in [3.8, 4) is 0 Å². The Kier molecular flexibility index (Phi) is 9.60. The normalized spacial score (nSPS) is 20.0. The zero-order chi connectivity index (χ0) is 16.1. The Balaban J connectivity index is 0.00000156. The first-order chi connectivity index (χ1) is 11.2. The molecule has 1 saturated carbocycles. The summed E-state index contributed by atoms with van der Waals surface area (Å²) in [5.41, 5.74) is 7.76. The predicted molar refractivity (Wildman–Crippen MR) is 112 cm³/mol. The number of hydrogen-bond donors (Lipinski definition) is 2. The number of carbonyl (C=O) groups is 1. The van der Waals surface area contributed by atoms with E-state index in [1.54, 1.807) is 0 Å². The Morgan fingerprint density at radius 2 is 1.84 bits per heavy atom. The van der Waals surface area contributed by atoms with Crippen molar-refractivity contribution < 1.29 is 4.79 Å². The fraction of sp³-hybridized carbons (Fsp3) is 0.611. The summed E-state index contributed by atoms with van der Waals surface area (Å²) in [6.07, 6.45) is 4.89. The standard InChI is InChI=1S/C18H27N3OS.2ClH/c19-18(7-2-1-3-8-18)17(22)20-16-6-4-5-15(13-16)14-21-9-11-23-12-10-21;;/h4-6,13H,1-3,7-12,14,19H2,(H,20,22);2*1H. The molecule has 0 spiro atoms. The van der Waals surface area contributed by atoms with E-state index in [4.69, 9.17) is 5.73 Å². The van der Waals surface area contributed by atoms with Gasteiger partial charge in [-0.3, -0.25) is 9.69 Å². The second-order valence-electron chi connectivity index (χ2n) is 6.76. The van der Waals surface area contributed by atoms with Gasteiger partial charge in [0.15, 0.2) is 0 Å². The van der Waals surface area contributed by atoms with Crippen LogP contribution in [0.1, 0.15) is 37.7 Å². The number of benzene rings is 1. The second kappa shape index (κ2) is 10.6. The fourth-order valence-corrected chi connectivity index (χ4v) is 4.41. The van der Waals surface area contributed by atoms with Gasteiger partial charge in [-0.1, -0.05) is 31.4 Å². The van der Waals surface area contributed by atoms with Gasteiger partial charge in [0.25, 0.3) is 0 Å². The highest BCUT2D eigenvalue weighted by molar-refractivity contribution is 7.99. The number of anilines is 1. The Morgan fingerprint density at radius 1 is 1.16 bits per heavy atom. The molecule has 2 fully saturated rings. The maximum Gasteiger partial charge on any atom is 0.244 e. The molecule has 142 valence electrons. The molecular formula is C18H29Cl2N3OS. The zero-order valence-electron chi connectivity index (χ0n) is 14.5. The van der Waals surface area contributed by atoms with E-state index in [0.717, 1.165) is 51.0 Å². The number of rotatable bonds is 4. The van der Waals surface area contributed by atoms with Gasteiger partial charge >= 0.3 is 0 Å². The maximum absolute atomic E-state index is 12.5. The summed E-state index contributed by atoms with van der Waals surface area (Å²) in [6, 6.07) is 8.20. The maximum atomic E-state index is 12.5. The smallest absolute Gasteiger partial charge is 0.244 e. The SMILES string of the molecule is Cl.Cl.NC1(C(=O)Nc2cccc(CN3CCSCC3)c2)CCCCC1. The number of nitrogens with zero attached hydrogens (tertiary/aromatic N) is 1. The molecule has 7 heteroatoms. The highest BCUT2D eigenvalue weighted by atomic mass is 35.5. The number of hydrogen-bond acceptors (Lipinski definition) is 4. The molecule has 2 aliphatic rings. The van der Waals surface area contributed by atoms with Crippen LogP contribution in [0.15, 0.2) is 24.3 Å². The Labute approximate surface area is 167 Å². The lowest BCUT2D eigenvalue weighted by molar-refractivity contribution is -0.122. The third-order valence-corrected chi connectivity index (χ3v) is 5.84. The van der Waals surface area contributed by atoms with Crippen LogP contribution in [0.5, 0.6) is 0 Å². The quantitative estimate of drug-likeness (QED) is 0.801. The topological polar surface area (TPSA) is 58.4 Å². The minimum Gasteiger partial charge on any atom is -0.324 e. The van der Waals surface area contributed by atoms with E-state index in [9.17, 15) is 4.79 Å². The van der Waals surface area contributed by atoms with E-state index in [1.165, 1.54) is 23.5 Å². The molecule has 3 rings (SSSR count). The first-order valence-corrected chi connectivity index (χ1v) is 9.81. The summed E-state index contributed by atoms with van der Waals surface area (Å²) < 4.78 is 0. The van der Waals surface area contributed by atoms with E-state index >= 15 is 0 Å². The molecule has 3 N–H and O–H groups in total. The molecule has 25 heavy (non-hydrogen) atoms. The van der Waals surface area contributed by atoms with Crippen molar-refractivity contribution in [2.24, 2.45) is 5.73 Å². The Bertz CT molecular complexity index is 547. The van der Waals surface area contributed by atoms with Gasteiger partial charge in [-0.2, -0.15) is 11.8 Å². The zero-order valence-corrected chi connectivity index (χ0v) is 17.0. The number of amides is 1. The van der Waals surface area contributed by atoms with Gasteiger partial charge in [-0.15, -0.1) is 24.8 Å². The molecule has 1 heterocycles. The van der Waals surface area contributed by atoms with Crippen molar-refractivity contribution in [2.45, 2.75) is 44.2 Å². The predicted octanol–water partition coefficient (Wildman–Crippen LogP) is 3.68. The van der Waals surface area contributed by atoms with Gasteiger partial charge < -0.3 is 11.1 Å². The van der Waals surface area contributed by atoms with Crippen LogP contribution in [0.3, 0.4) is 0 Å². The van der Waals surface area contributed by atoms with Gasteiger partial charge in [0.2, 0.25) is 5.91 Å². The molecule has 1 saturated heterocycles. The van der Waals surface area contributed by atoms with E-state index in [1.807, 2.05) is 23.9 Å². The van der Waals surface area contributed by atoms with Crippen LogP contribution in [0, 0.1) is 0 Å². The molecule has 1 amide bonds. The van der Waals surface area contributed by atoms with Crippen LogP contribution in [0.4, 0.5) is 5.69 Å². The van der Waals surface area contributed by atoms with Crippen molar-refractivity contribution >= 4 is 48.2 Å². The lowest BCUT2D eigenvalue weighted by atomic mass is 9.82.